The average Bonchev–Trinajstić information content (AvgIpc) is 2.44. The number of hydrogen-bond acceptors (Lipinski definition) is 2. The van der Waals surface area contributed by atoms with Gasteiger partial charge in [0, 0.05) is 24.9 Å². The van der Waals surface area contributed by atoms with E-state index in [0.717, 1.165) is 11.3 Å². The van der Waals surface area contributed by atoms with Crippen molar-refractivity contribution < 1.29 is 4.79 Å². The Hall–Kier alpha value is -2.16. The number of nitrogens with one attached hydrogen (secondary N) is 1. The van der Waals surface area contributed by atoms with E-state index in [9.17, 15) is 4.79 Å². The summed E-state index contributed by atoms with van der Waals surface area (Å²) >= 11 is 0. The lowest BCUT2D eigenvalue weighted by Gasteiger charge is -2.06. The predicted octanol–water partition coefficient (Wildman–Crippen LogP) is 2.64. The Morgan fingerprint density at radius 1 is 1.21 bits per heavy atom. The van der Waals surface area contributed by atoms with Gasteiger partial charge in [0.05, 0.1) is 0 Å². The summed E-state index contributed by atoms with van der Waals surface area (Å²) in [4.78, 5) is 15.9. The number of carbonyl (C=O) groups is 1. The Morgan fingerprint density at radius 3 is 2.84 bits per heavy atom. The normalized spacial score (nSPS) is 10.2. The molecule has 2 rings (SSSR count). The van der Waals surface area contributed by atoms with E-state index >= 15 is 0 Å². The van der Waals surface area contributed by atoms with Crippen molar-refractivity contribution in [2.75, 3.05) is 0 Å². The van der Waals surface area contributed by atoms with Gasteiger partial charge in [-0.2, -0.15) is 0 Å². The van der Waals surface area contributed by atoms with E-state index in [4.69, 9.17) is 0 Å². The summed E-state index contributed by atoms with van der Waals surface area (Å²) in [5, 5.41) is 2.93. The number of aromatic nitrogens is 1. The van der Waals surface area contributed by atoms with Crippen LogP contribution in [0.5, 0.6) is 0 Å². The molecule has 0 bridgehead atoms. The summed E-state index contributed by atoms with van der Waals surface area (Å²) in [5.41, 5.74) is 3.29. The Balaban J connectivity index is 1.76. The average molecular weight is 254 g/mol. The first-order chi connectivity index (χ1) is 9.24. The first kappa shape index (κ1) is 13.3. The van der Waals surface area contributed by atoms with Crippen molar-refractivity contribution in [3.8, 4) is 0 Å². The van der Waals surface area contributed by atoms with Crippen LogP contribution in [0.15, 0.2) is 48.7 Å². The van der Waals surface area contributed by atoms with Gasteiger partial charge in [-0.3, -0.25) is 9.78 Å². The van der Waals surface area contributed by atoms with Crippen LogP contribution in [-0.2, 0) is 17.8 Å². The van der Waals surface area contributed by atoms with E-state index in [1.807, 2.05) is 43.3 Å². The quantitative estimate of drug-likeness (QED) is 0.891. The van der Waals surface area contributed by atoms with Gasteiger partial charge >= 0.3 is 0 Å². The summed E-state index contributed by atoms with van der Waals surface area (Å²) in [6.45, 7) is 2.63. The molecule has 0 fully saturated rings. The molecule has 1 aromatic carbocycles. The maximum absolute atomic E-state index is 11.7. The number of amides is 1. The van der Waals surface area contributed by atoms with Gasteiger partial charge in [0.2, 0.25) is 5.91 Å². The number of rotatable bonds is 5. The second-order valence-corrected chi connectivity index (χ2v) is 4.59. The van der Waals surface area contributed by atoms with Crippen LogP contribution in [0.4, 0.5) is 0 Å². The molecule has 0 saturated heterocycles. The van der Waals surface area contributed by atoms with Gasteiger partial charge < -0.3 is 5.32 Å². The molecule has 2 aromatic rings. The van der Waals surface area contributed by atoms with Crippen LogP contribution in [0.1, 0.15) is 23.2 Å². The number of aryl methyl sites for hydroxylation is 2. The minimum absolute atomic E-state index is 0.0622. The van der Waals surface area contributed by atoms with Gasteiger partial charge in [0.25, 0.3) is 0 Å². The maximum atomic E-state index is 11.7. The SMILES string of the molecule is Cc1cccc(CNC(=O)CCc2ccccn2)c1. The first-order valence-electron chi connectivity index (χ1n) is 6.46. The second kappa shape index (κ2) is 6.69. The monoisotopic (exact) mass is 254 g/mol. The Labute approximate surface area is 113 Å². The van der Waals surface area contributed by atoms with Gasteiger partial charge in [-0.25, -0.2) is 0 Å². The van der Waals surface area contributed by atoms with Gasteiger partial charge in [-0.15, -0.1) is 0 Å². The van der Waals surface area contributed by atoms with E-state index in [2.05, 4.69) is 16.4 Å². The highest BCUT2D eigenvalue weighted by molar-refractivity contribution is 5.76. The highest BCUT2D eigenvalue weighted by atomic mass is 16.1. The molecular formula is C16H18N2O. The summed E-state index contributed by atoms with van der Waals surface area (Å²) in [6.07, 6.45) is 2.91. The van der Waals surface area contributed by atoms with Crippen LogP contribution in [0.25, 0.3) is 0 Å². The fourth-order valence-corrected chi connectivity index (χ4v) is 1.90. The molecule has 0 atom stereocenters. The van der Waals surface area contributed by atoms with E-state index in [-0.39, 0.29) is 5.91 Å². The van der Waals surface area contributed by atoms with Crippen molar-refractivity contribution >= 4 is 5.91 Å². The Morgan fingerprint density at radius 2 is 2.11 bits per heavy atom. The molecular weight excluding hydrogens is 236 g/mol. The molecule has 0 aliphatic heterocycles. The molecule has 3 heteroatoms. The summed E-state index contributed by atoms with van der Waals surface area (Å²) in [5.74, 6) is 0.0622. The topological polar surface area (TPSA) is 42.0 Å². The molecule has 0 aliphatic rings. The molecule has 0 unspecified atom stereocenters. The highest BCUT2D eigenvalue weighted by Crippen LogP contribution is 2.04. The molecule has 1 heterocycles. The Kier molecular flexibility index (Phi) is 4.67. The van der Waals surface area contributed by atoms with Crippen LogP contribution in [0.3, 0.4) is 0 Å². The van der Waals surface area contributed by atoms with Crippen LogP contribution in [-0.4, -0.2) is 10.9 Å². The van der Waals surface area contributed by atoms with Crippen LogP contribution in [0, 0.1) is 6.92 Å². The summed E-state index contributed by atoms with van der Waals surface area (Å²) < 4.78 is 0. The summed E-state index contributed by atoms with van der Waals surface area (Å²) in [7, 11) is 0. The zero-order valence-electron chi connectivity index (χ0n) is 11.1. The molecule has 1 N–H and O–H groups in total. The zero-order chi connectivity index (χ0) is 13.5. The minimum Gasteiger partial charge on any atom is -0.352 e. The second-order valence-electron chi connectivity index (χ2n) is 4.59. The van der Waals surface area contributed by atoms with Crippen molar-refractivity contribution in [2.45, 2.75) is 26.3 Å². The van der Waals surface area contributed by atoms with Gasteiger partial charge in [-0.05, 0) is 31.0 Å². The molecule has 0 saturated carbocycles. The number of nitrogens with zero attached hydrogens (tertiary/aromatic N) is 1. The third kappa shape index (κ3) is 4.54. The molecule has 0 aliphatic carbocycles. The van der Waals surface area contributed by atoms with Crippen molar-refractivity contribution in [3.63, 3.8) is 0 Å². The van der Waals surface area contributed by atoms with Crippen molar-refractivity contribution in [2.24, 2.45) is 0 Å². The van der Waals surface area contributed by atoms with Crippen LogP contribution < -0.4 is 5.32 Å². The summed E-state index contributed by atoms with van der Waals surface area (Å²) in [6, 6.07) is 13.9. The number of hydrogen-bond donors (Lipinski definition) is 1. The van der Waals surface area contributed by atoms with Gasteiger partial charge in [0.1, 0.15) is 0 Å². The number of pyridine rings is 1. The molecule has 0 radical (unpaired) electrons. The fraction of sp³-hybridized carbons (Fsp3) is 0.250. The minimum atomic E-state index is 0.0622. The van der Waals surface area contributed by atoms with Gasteiger partial charge in [0.15, 0.2) is 0 Å². The lowest BCUT2D eigenvalue weighted by molar-refractivity contribution is -0.121. The lowest BCUT2D eigenvalue weighted by atomic mass is 10.1. The van der Waals surface area contributed by atoms with E-state index < -0.39 is 0 Å². The van der Waals surface area contributed by atoms with Crippen molar-refractivity contribution in [1.29, 1.82) is 0 Å². The van der Waals surface area contributed by atoms with E-state index in [1.54, 1.807) is 6.20 Å². The number of benzene rings is 1. The van der Waals surface area contributed by atoms with E-state index in [1.165, 1.54) is 5.56 Å². The van der Waals surface area contributed by atoms with Gasteiger partial charge in [-0.1, -0.05) is 35.9 Å². The molecule has 0 spiro atoms. The first-order valence-corrected chi connectivity index (χ1v) is 6.46. The molecule has 3 nitrogen and oxygen atoms in total. The third-order valence-electron chi connectivity index (χ3n) is 2.91. The molecule has 19 heavy (non-hydrogen) atoms. The maximum Gasteiger partial charge on any atom is 0.220 e. The molecule has 98 valence electrons. The number of carbonyl (C=O) groups excluding carboxylic acids is 1. The van der Waals surface area contributed by atoms with E-state index in [0.29, 0.717) is 19.4 Å². The standard InChI is InChI=1S/C16H18N2O/c1-13-5-4-6-14(11-13)12-18-16(19)9-8-15-7-2-3-10-17-15/h2-7,10-11H,8-9,12H2,1H3,(H,18,19). The Bertz CT molecular complexity index is 537. The predicted molar refractivity (Wildman–Crippen MR) is 75.6 cm³/mol. The highest BCUT2D eigenvalue weighted by Gasteiger charge is 2.02. The van der Waals surface area contributed by atoms with Crippen molar-refractivity contribution in [1.82, 2.24) is 10.3 Å². The van der Waals surface area contributed by atoms with Crippen LogP contribution in [0.2, 0.25) is 0 Å². The molecule has 1 aromatic heterocycles. The van der Waals surface area contributed by atoms with Crippen molar-refractivity contribution in [3.05, 3.63) is 65.5 Å². The largest absolute Gasteiger partial charge is 0.352 e. The zero-order valence-corrected chi connectivity index (χ0v) is 11.1. The fourth-order valence-electron chi connectivity index (χ4n) is 1.90. The molecule has 1 amide bonds. The smallest absolute Gasteiger partial charge is 0.220 e. The third-order valence-corrected chi connectivity index (χ3v) is 2.91. The van der Waals surface area contributed by atoms with Crippen LogP contribution >= 0.6 is 0 Å². The lowest BCUT2D eigenvalue weighted by Crippen LogP contribution is -2.23.